The van der Waals surface area contributed by atoms with Gasteiger partial charge in [0, 0.05) is 25.1 Å². The molecule has 4 heteroatoms. The molecule has 0 aromatic heterocycles. The van der Waals surface area contributed by atoms with E-state index < -0.39 is 6.04 Å². The van der Waals surface area contributed by atoms with Crippen molar-refractivity contribution in [2.75, 3.05) is 6.54 Å². The first-order valence-electron chi connectivity index (χ1n) is 9.97. The van der Waals surface area contributed by atoms with Crippen LogP contribution in [0.3, 0.4) is 0 Å². The van der Waals surface area contributed by atoms with Gasteiger partial charge in [-0.15, -0.1) is 0 Å². The van der Waals surface area contributed by atoms with Crippen LogP contribution >= 0.6 is 0 Å². The smallest absolute Gasteiger partial charge is 0.255 e. The summed E-state index contributed by atoms with van der Waals surface area (Å²) in [5.74, 6) is -0.175. The van der Waals surface area contributed by atoms with E-state index in [1.54, 1.807) is 4.90 Å². The van der Waals surface area contributed by atoms with Crippen LogP contribution in [0.15, 0.2) is 84.9 Å². The van der Waals surface area contributed by atoms with E-state index in [0.717, 1.165) is 17.5 Å². The third kappa shape index (κ3) is 4.37. The lowest BCUT2D eigenvalue weighted by Gasteiger charge is -2.27. The van der Waals surface area contributed by atoms with E-state index in [2.05, 4.69) is 5.32 Å². The molecular weight excluding hydrogens is 360 g/mol. The second kappa shape index (κ2) is 8.74. The Labute approximate surface area is 171 Å². The van der Waals surface area contributed by atoms with Crippen molar-refractivity contribution in [3.8, 4) is 0 Å². The summed E-state index contributed by atoms with van der Waals surface area (Å²) in [5.41, 5.74) is 3.90. The first-order chi connectivity index (χ1) is 14.2. The van der Waals surface area contributed by atoms with Gasteiger partial charge in [-0.3, -0.25) is 9.59 Å². The number of fused-ring (bicyclic) bond motifs is 1. The van der Waals surface area contributed by atoms with Gasteiger partial charge < -0.3 is 10.2 Å². The van der Waals surface area contributed by atoms with E-state index >= 15 is 0 Å². The Bertz CT molecular complexity index is 986. The Balaban J connectivity index is 1.49. The predicted octanol–water partition coefficient (Wildman–Crippen LogP) is 3.61. The van der Waals surface area contributed by atoms with Crippen LogP contribution < -0.4 is 5.32 Å². The average Bonchev–Trinajstić information content (AvgIpc) is 3.10. The van der Waals surface area contributed by atoms with E-state index in [-0.39, 0.29) is 11.8 Å². The van der Waals surface area contributed by atoms with Crippen molar-refractivity contribution in [1.82, 2.24) is 10.2 Å². The molecule has 0 bridgehead atoms. The van der Waals surface area contributed by atoms with Crippen LogP contribution in [-0.2, 0) is 24.2 Å². The van der Waals surface area contributed by atoms with Crippen molar-refractivity contribution < 1.29 is 9.59 Å². The molecule has 1 atom stereocenters. The number of amides is 2. The number of hydrogen-bond donors (Lipinski definition) is 1. The maximum atomic E-state index is 13.1. The molecule has 4 rings (SSSR count). The van der Waals surface area contributed by atoms with Gasteiger partial charge in [0.15, 0.2) is 0 Å². The van der Waals surface area contributed by atoms with Gasteiger partial charge in [0.25, 0.3) is 5.91 Å². The summed E-state index contributed by atoms with van der Waals surface area (Å²) in [5, 5.41) is 3.04. The van der Waals surface area contributed by atoms with Crippen molar-refractivity contribution in [2.24, 2.45) is 0 Å². The van der Waals surface area contributed by atoms with Gasteiger partial charge in [0.05, 0.1) is 0 Å². The molecule has 1 heterocycles. The second-order valence-electron chi connectivity index (χ2n) is 7.32. The zero-order valence-corrected chi connectivity index (χ0v) is 16.3. The number of carbonyl (C=O) groups is 2. The number of hydrogen-bond acceptors (Lipinski definition) is 2. The lowest BCUT2D eigenvalue weighted by atomic mass is 10.0. The number of carbonyl (C=O) groups excluding carboxylic acids is 2. The quantitative estimate of drug-likeness (QED) is 0.676. The highest BCUT2D eigenvalue weighted by Crippen LogP contribution is 2.26. The Morgan fingerprint density at radius 2 is 1.48 bits per heavy atom. The van der Waals surface area contributed by atoms with Gasteiger partial charge >= 0.3 is 0 Å². The summed E-state index contributed by atoms with van der Waals surface area (Å²) >= 11 is 0. The summed E-state index contributed by atoms with van der Waals surface area (Å²) in [6.45, 7) is 1.02. The highest BCUT2D eigenvalue weighted by molar-refractivity contribution is 6.01. The van der Waals surface area contributed by atoms with Crippen LogP contribution in [0.1, 0.15) is 27.0 Å². The highest BCUT2D eigenvalue weighted by atomic mass is 16.2. The van der Waals surface area contributed by atoms with Crippen molar-refractivity contribution in [2.45, 2.75) is 25.4 Å². The Kier molecular flexibility index (Phi) is 5.71. The Morgan fingerprint density at radius 1 is 0.862 bits per heavy atom. The molecule has 1 N–H and O–H groups in total. The van der Waals surface area contributed by atoms with Crippen molar-refractivity contribution in [3.05, 3.63) is 107 Å². The fraction of sp³-hybridized carbons (Fsp3) is 0.200. The minimum Gasteiger partial charge on any atom is -0.354 e. The predicted molar refractivity (Wildman–Crippen MR) is 113 cm³/mol. The molecule has 0 saturated heterocycles. The van der Waals surface area contributed by atoms with Crippen molar-refractivity contribution in [3.63, 3.8) is 0 Å². The van der Waals surface area contributed by atoms with Gasteiger partial charge in [-0.25, -0.2) is 0 Å². The number of nitrogens with one attached hydrogen (secondary N) is 1. The van der Waals surface area contributed by atoms with Crippen LogP contribution in [0.5, 0.6) is 0 Å². The summed E-state index contributed by atoms with van der Waals surface area (Å²) in [7, 11) is 0. The largest absolute Gasteiger partial charge is 0.354 e. The molecular formula is C25H24N2O2. The first kappa shape index (κ1) is 18.9. The Hall–Kier alpha value is -3.40. The summed E-state index contributed by atoms with van der Waals surface area (Å²) in [4.78, 5) is 27.8. The standard InChI is InChI=1S/C25H24N2O2/c28-24(26-16-15-19-9-3-1-4-10-19)23(17-20-11-5-2-6-12-20)27-18-21-13-7-8-14-22(21)25(27)29/h1-14,23H,15-18H2,(H,26,28). The maximum Gasteiger partial charge on any atom is 0.255 e. The van der Waals surface area contributed by atoms with Crippen LogP contribution in [-0.4, -0.2) is 29.3 Å². The van der Waals surface area contributed by atoms with E-state index in [1.807, 2.05) is 84.9 Å². The van der Waals surface area contributed by atoms with Crippen LogP contribution in [0.25, 0.3) is 0 Å². The summed E-state index contributed by atoms with van der Waals surface area (Å²) < 4.78 is 0. The van der Waals surface area contributed by atoms with E-state index in [9.17, 15) is 9.59 Å². The molecule has 0 spiro atoms. The molecule has 1 unspecified atom stereocenters. The molecule has 1 aliphatic heterocycles. The topological polar surface area (TPSA) is 49.4 Å². The molecule has 2 amide bonds. The van der Waals surface area contributed by atoms with Gasteiger partial charge in [0.1, 0.15) is 6.04 Å². The molecule has 0 fully saturated rings. The second-order valence-corrected chi connectivity index (χ2v) is 7.32. The van der Waals surface area contributed by atoms with Crippen LogP contribution in [0, 0.1) is 0 Å². The molecule has 146 valence electrons. The van der Waals surface area contributed by atoms with Crippen LogP contribution in [0.4, 0.5) is 0 Å². The fourth-order valence-electron chi connectivity index (χ4n) is 3.80. The minimum absolute atomic E-state index is 0.0697. The molecule has 4 nitrogen and oxygen atoms in total. The number of benzene rings is 3. The first-order valence-corrected chi connectivity index (χ1v) is 9.97. The van der Waals surface area contributed by atoms with E-state index in [0.29, 0.717) is 25.1 Å². The van der Waals surface area contributed by atoms with Crippen LogP contribution in [0.2, 0.25) is 0 Å². The number of rotatable bonds is 7. The zero-order chi connectivity index (χ0) is 20.1. The Morgan fingerprint density at radius 3 is 2.17 bits per heavy atom. The normalized spacial score (nSPS) is 13.8. The molecule has 3 aromatic rings. The third-order valence-electron chi connectivity index (χ3n) is 5.36. The third-order valence-corrected chi connectivity index (χ3v) is 5.36. The molecule has 0 aliphatic carbocycles. The van der Waals surface area contributed by atoms with Gasteiger partial charge in [-0.2, -0.15) is 0 Å². The van der Waals surface area contributed by atoms with Gasteiger partial charge in [0.2, 0.25) is 5.91 Å². The highest BCUT2D eigenvalue weighted by Gasteiger charge is 2.36. The lowest BCUT2D eigenvalue weighted by molar-refractivity contribution is -0.125. The fourth-order valence-corrected chi connectivity index (χ4v) is 3.80. The van der Waals surface area contributed by atoms with Gasteiger partial charge in [-0.1, -0.05) is 78.9 Å². The molecule has 0 saturated carbocycles. The van der Waals surface area contributed by atoms with Gasteiger partial charge in [-0.05, 0) is 29.2 Å². The SMILES string of the molecule is O=C(NCCc1ccccc1)C(Cc1ccccc1)N1Cc2ccccc2C1=O. The average molecular weight is 384 g/mol. The monoisotopic (exact) mass is 384 g/mol. The molecule has 0 radical (unpaired) electrons. The van der Waals surface area contributed by atoms with Crippen molar-refractivity contribution >= 4 is 11.8 Å². The molecule has 1 aliphatic rings. The summed E-state index contributed by atoms with van der Waals surface area (Å²) in [6, 6.07) is 27.0. The molecule has 3 aromatic carbocycles. The minimum atomic E-state index is -0.534. The maximum absolute atomic E-state index is 13.1. The van der Waals surface area contributed by atoms with Crippen molar-refractivity contribution in [1.29, 1.82) is 0 Å². The number of nitrogens with zero attached hydrogens (tertiary/aromatic N) is 1. The molecule has 29 heavy (non-hydrogen) atoms. The van der Waals surface area contributed by atoms with E-state index in [1.165, 1.54) is 5.56 Å². The zero-order valence-electron chi connectivity index (χ0n) is 16.3. The van der Waals surface area contributed by atoms with E-state index in [4.69, 9.17) is 0 Å². The summed E-state index contributed by atoms with van der Waals surface area (Å²) in [6.07, 6.45) is 1.26. The lowest BCUT2D eigenvalue weighted by Crippen LogP contribution is -2.48.